The van der Waals surface area contributed by atoms with E-state index in [1.54, 1.807) is 4.90 Å². The average molecular weight is 260 g/mol. The Morgan fingerprint density at radius 1 is 1.32 bits per heavy atom. The second kappa shape index (κ2) is 6.36. The lowest BCUT2D eigenvalue weighted by Gasteiger charge is -2.16. The number of hydrogen-bond donors (Lipinski definition) is 1. The summed E-state index contributed by atoms with van der Waals surface area (Å²) in [7, 11) is 0. The molecule has 4 nitrogen and oxygen atoms in total. The van der Waals surface area contributed by atoms with Crippen LogP contribution in [0.4, 0.5) is 11.4 Å². The number of carbonyl (C=O) groups excluding carboxylic acids is 2. The van der Waals surface area contributed by atoms with Gasteiger partial charge in [-0.15, -0.1) is 0 Å². The van der Waals surface area contributed by atoms with Gasteiger partial charge in [-0.05, 0) is 37.1 Å². The monoisotopic (exact) mass is 260 g/mol. The molecule has 1 aliphatic rings. The number of nitrogens with one attached hydrogen (secondary N) is 1. The van der Waals surface area contributed by atoms with Gasteiger partial charge in [0.2, 0.25) is 11.8 Å². The lowest BCUT2D eigenvalue weighted by molar-refractivity contribution is -0.117. The van der Waals surface area contributed by atoms with Crippen molar-refractivity contribution in [3.05, 3.63) is 24.3 Å². The number of nitrogens with zero attached hydrogens (tertiary/aromatic N) is 1. The molecule has 1 saturated heterocycles. The number of amides is 2. The molecule has 1 heterocycles. The van der Waals surface area contributed by atoms with E-state index in [0.717, 1.165) is 37.2 Å². The molecule has 0 unspecified atom stereocenters. The molecular formula is C15H20N2O2. The fourth-order valence-electron chi connectivity index (χ4n) is 2.21. The molecule has 0 bridgehead atoms. The number of rotatable bonds is 5. The van der Waals surface area contributed by atoms with Gasteiger partial charge in [0.25, 0.3) is 0 Å². The molecule has 1 aliphatic heterocycles. The van der Waals surface area contributed by atoms with E-state index < -0.39 is 0 Å². The highest BCUT2D eigenvalue weighted by atomic mass is 16.2. The van der Waals surface area contributed by atoms with Crippen LogP contribution in [0.1, 0.15) is 39.0 Å². The van der Waals surface area contributed by atoms with Gasteiger partial charge in [0.15, 0.2) is 0 Å². The van der Waals surface area contributed by atoms with Crippen LogP contribution in [0.3, 0.4) is 0 Å². The lowest BCUT2D eigenvalue weighted by Crippen LogP contribution is -2.23. The Hall–Kier alpha value is -1.84. The van der Waals surface area contributed by atoms with Crippen LogP contribution >= 0.6 is 0 Å². The number of unbranched alkanes of at least 4 members (excludes halogenated alkanes) is 1. The van der Waals surface area contributed by atoms with Crippen LogP contribution in [0.2, 0.25) is 0 Å². The van der Waals surface area contributed by atoms with Gasteiger partial charge in [-0.25, -0.2) is 0 Å². The van der Waals surface area contributed by atoms with E-state index in [-0.39, 0.29) is 11.8 Å². The third-order valence-electron chi connectivity index (χ3n) is 3.29. The first kappa shape index (κ1) is 13.6. The minimum atomic E-state index is 0.0480. The van der Waals surface area contributed by atoms with Crippen LogP contribution in [-0.2, 0) is 9.59 Å². The molecule has 2 rings (SSSR count). The quantitative estimate of drug-likeness (QED) is 0.885. The first-order valence-corrected chi connectivity index (χ1v) is 6.91. The third-order valence-corrected chi connectivity index (χ3v) is 3.29. The van der Waals surface area contributed by atoms with Crippen molar-refractivity contribution >= 4 is 23.2 Å². The predicted molar refractivity (Wildman–Crippen MR) is 76.2 cm³/mol. The highest BCUT2D eigenvalue weighted by molar-refractivity contribution is 5.96. The van der Waals surface area contributed by atoms with Crippen LogP contribution in [0.5, 0.6) is 0 Å². The fraction of sp³-hybridized carbons (Fsp3) is 0.467. The van der Waals surface area contributed by atoms with Crippen molar-refractivity contribution in [2.45, 2.75) is 39.0 Å². The smallest absolute Gasteiger partial charge is 0.227 e. The molecule has 1 fully saturated rings. The van der Waals surface area contributed by atoms with E-state index in [0.29, 0.717) is 12.8 Å². The predicted octanol–water partition coefficient (Wildman–Crippen LogP) is 2.94. The molecule has 1 aromatic rings. The Morgan fingerprint density at radius 2 is 2.05 bits per heavy atom. The molecule has 0 aromatic heterocycles. The molecule has 4 heteroatoms. The van der Waals surface area contributed by atoms with Gasteiger partial charge in [-0.1, -0.05) is 13.3 Å². The van der Waals surface area contributed by atoms with Crippen LogP contribution in [0, 0.1) is 0 Å². The van der Waals surface area contributed by atoms with E-state index in [9.17, 15) is 9.59 Å². The molecule has 2 amide bonds. The van der Waals surface area contributed by atoms with Gasteiger partial charge in [-0.2, -0.15) is 0 Å². The van der Waals surface area contributed by atoms with E-state index >= 15 is 0 Å². The van der Waals surface area contributed by atoms with Gasteiger partial charge in [0, 0.05) is 30.8 Å². The van der Waals surface area contributed by atoms with Crippen molar-refractivity contribution in [2.75, 3.05) is 16.8 Å². The van der Waals surface area contributed by atoms with Crippen molar-refractivity contribution in [3.63, 3.8) is 0 Å². The number of anilines is 2. The van der Waals surface area contributed by atoms with E-state index in [1.807, 2.05) is 24.3 Å². The Bertz CT molecular complexity index is 454. The first-order valence-electron chi connectivity index (χ1n) is 6.91. The summed E-state index contributed by atoms with van der Waals surface area (Å²) in [5.74, 6) is 0.228. The summed E-state index contributed by atoms with van der Waals surface area (Å²) in [5.41, 5.74) is 1.70. The maximum absolute atomic E-state index is 11.6. The van der Waals surface area contributed by atoms with Gasteiger partial charge >= 0.3 is 0 Å². The zero-order valence-corrected chi connectivity index (χ0v) is 11.3. The Kier molecular flexibility index (Phi) is 4.55. The number of carbonyl (C=O) groups is 2. The van der Waals surface area contributed by atoms with E-state index in [4.69, 9.17) is 0 Å². The SMILES string of the molecule is CCCCC(=O)Nc1ccc(N2CCCC2=O)cc1. The molecule has 19 heavy (non-hydrogen) atoms. The first-order chi connectivity index (χ1) is 9.20. The molecule has 0 radical (unpaired) electrons. The van der Waals surface area contributed by atoms with Gasteiger partial charge in [-0.3, -0.25) is 9.59 Å². The highest BCUT2D eigenvalue weighted by Crippen LogP contribution is 2.23. The number of benzene rings is 1. The van der Waals surface area contributed by atoms with Crippen molar-refractivity contribution in [1.82, 2.24) is 0 Å². The van der Waals surface area contributed by atoms with Crippen molar-refractivity contribution in [3.8, 4) is 0 Å². The highest BCUT2D eigenvalue weighted by Gasteiger charge is 2.21. The van der Waals surface area contributed by atoms with Crippen LogP contribution in [0.25, 0.3) is 0 Å². The minimum absolute atomic E-state index is 0.0480. The summed E-state index contributed by atoms with van der Waals surface area (Å²) < 4.78 is 0. The van der Waals surface area contributed by atoms with Gasteiger partial charge in [0.05, 0.1) is 0 Å². The van der Waals surface area contributed by atoms with Crippen molar-refractivity contribution in [1.29, 1.82) is 0 Å². The van der Waals surface area contributed by atoms with Gasteiger partial charge in [0.1, 0.15) is 0 Å². The topological polar surface area (TPSA) is 49.4 Å². The summed E-state index contributed by atoms with van der Waals surface area (Å²) in [6, 6.07) is 7.48. The normalized spacial score (nSPS) is 14.8. The summed E-state index contributed by atoms with van der Waals surface area (Å²) >= 11 is 0. The second-order valence-corrected chi connectivity index (χ2v) is 4.85. The Balaban J connectivity index is 1.94. The summed E-state index contributed by atoms with van der Waals surface area (Å²) in [6.07, 6.45) is 4.04. The maximum atomic E-state index is 11.6. The number of hydrogen-bond acceptors (Lipinski definition) is 2. The van der Waals surface area contributed by atoms with E-state index in [1.165, 1.54) is 0 Å². The molecule has 102 valence electrons. The zero-order chi connectivity index (χ0) is 13.7. The molecule has 0 aliphatic carbocycles. The van der Waals surface area contributed by atoms with Crippen LogP contribution < -0.4 is 10.2 Å². The molecule has 0 atom stereocenters. The standard InChI is InChI=1S/C15H20N2O2/c1-2-3-5-14(18)16-12-7-9-13(10-8-12)17-11-4-6-15(17)19/h7-10H,2-6,11H2,1H3,(H,16,18). The Labute approximate surface area is 113 Å². The van der Waals surface area contributed by atoms with Crippen molar-refractivity contribution < 1.29 is 9.59 Å². The summed E-state index contributed by atoms with van der Waals surface area (Å²) in [5, 5.41) is 2.86. The summed E-state index contributed by atoms with van der Waals surface area (Å²) in [4.78, 5) is 25.0. The van der Waals surface area contributed by atoms with Crippen molar-refractivity contribution in [2.24, 2.45) is 0 Å². The summed E-state index contributed by atoms with van der Waals surface area (Å²) in [6.45, 7) is 2.86. The molecule has 1 N–H and O–H groups in total. The van der Waals surface area contributed by atoms with Crippen LogP contribution in [-0.4, -0.2) is 18.4 Å². The fourth-order valence-corrected chi connectivity index (χ4v) is 2.21. The minimum Gasteiger partial charge on any atom is -0.326 e. The largest absolute Gasteiger partial charge is 0.326 e. The van der Waals surface area contributed by atoms with Crippen LogP contribution in [0.15, 0.2) is 24.3 Å². The molecule has 1 aromatic carbocycles. The molecule has 0 spiro atoms. The molecular weight excluding hydrogens is 240 g/mol. The average Bonchev–Trinajstić information content (AvgIpc) is 2.83. The zero-order valence-electron chi connectivity index (χ0n) is 11.3. The lowest BCUT2D eigenvalue weighted by atomic mass is 10.2. The van der Waals surface area contributed by atoms with Gasteiger partial charge < -0.3 is 10.2 Å². The molecule has 0 saturated carbocycles. The van der Waals surface area contributed by atoms with E-state index in [2.05, 4.69) is 12.2 Å². The maximum Gasteiger partial charge on any atom is 0.227 e. The Morgan fingerprint density at radius 3 is 2.63 bits per heavy atom. The second-order valence-electron chi connectivity index (χ2n) is 4.85. The third kappa shape index (κ3) is 3.56.